The number of carbonyl (C=O) groups is 3. The number of ether oxygens (including phenoxy) is 1. The lowest BCUT2D eigenvalue weighted by atomic mass is 9.83. The molecule has 1 aliphatic rings. The number of esters is 1. The molecule has 0 aromatic heterocycles. The van der Waals surface area contributed by atoms with Gasteiger partial charge in [-0.2, -0.15) is 0 Å². The lowest BCUT2D eigenvalue weighted by Crippen LogP contribution is -2.24. The average molecular weight is 309 g/mol. The van der Waals surface area contributed by atoms with E-state index in [1.807, 2.05) is 0 Å². The molecule has 0 amide bonds. The second-order valence-corrected chi connectivity index (χ2v) is 5.53. The number of fused-ring (bicyclic) bond motifs is 2. The van der Waals surface area contributed by atoms with Crippen molar-refractivity contribution in [1.29, 1.82) is 0 Å². The fraction of sp³-hybridized carbons (Fsp3) is 0.167. The third-order valence-corrected chi connectivity index (χ3v) is 3.75. The summed E-state index contributed by atoms with van der Waals surface area (Å²) in [5.74, 6) is -0.961. The van der Waals surface area contributed by atoms with Crippen LogP contribution in [0.4, 0.5) is 5.69 Å². The third-order valence-electron chi connectivity index (χ3n) is 3.75. The van der Waals surface area contributed by atoms with Crippen LogP contribution in [0.25, 0.3) is 0 Å². The summed E-state index contributed by atoms with van der Waals surface area (Å²) < 4.78 is 5.29. The summed E-state index contributed by atoms with van der Waals surface area (Å²) in [6.07, 6.45) is 0. The summed E-state index contributed by atoms with van der Waals surface area (Å²) in [4.78, 5) is 38.7. The van der Waals surface area contributed by atoms with Crippen LogP contribution in [0.5, 0.6) is 5.75 Å². The Labute approximate surface area is 133 Å². The zero-order valence-electron chi connectivity index (χ0n) is 13.0. The molecule has 23 heavy (non-hydrogen) atoms. The Morgan fingerprint density at radius 1 is 0.913 bits per heavy atom. The second-order valence-electron chi connectivity index (χ2n) is 5.53. The van der Waals surface area contributed by atoms with Gasteiger partial charge in [0.1, 0.15) is 0 Å². The van der Waals surface area contributed by atoms with Gasteiger partial charge in [0, 0.05) is 37.7 Å². The van der Waals surface area contributed by atoms with Crippen molar-refractivity contribution in [2.75, 3.05) is 19.0 Å². The van der Waals surface area contributed by atoms with E-state index in [9.17, 15) is 14.4 Å². The lowest BCUT2D eigenvalue weighted by molar-refractivity contribution is -0.131. The number of carbonyl (C=O) groups excluding carboxylic acids is 3. The maximum atomic E-state index is 12.9. The van der Waals surface area contributed by atoms with Gasteiger partial charge in [-0.05, 0) is 12.1 Å². The molecule has 0 aliphatic heterocycles. The van der Waals surface area contributed by atoms with Gasteiger partial charge in [0.05, 0.1) is 11.3 Å². The molecule has 0 saturated carbocycles. The summed E-state index contributed by atoms with van der Waals surface area (Å²) in [5, 5.41) is 0. The van der Waals surface area contributed by atoms with Crippen molar-refractivity contribution in [3.05, 3.63) is 58.7 Å². The number of ketones is 2. The minimum Gasteiger partial charge on any atom is -0.424 e. The predicted molar refractivity (Wildman–Crippen MR) is 85.4 cm³/mol. The summed E-state index contributed by atoms with van der Waals surface area (Å²) >= 11 is 0. The Morgan fingerprint density at radius 3 is 2.09 bits per heavy atom. The van der Waals surface area contributed by atoms with E-state index in [0.29, 0.717) is 16.8 Å². The number of nitrogens with zero attached hydrogens (tertiary/aromatic N) is 1. The molecule has 0 atom stereocenters. The number of rotatable bonds is 2. The molecule has 0 radical (unpaired) electrons. The van der Waals surface area contributed by atoms with Gasteiger partial charge in [0.15, 0.2) is 17.3 Å². The fourth-order valence-corrected chi connectivity index (χ4v) is 2.74. The second kappa shape index (κ2) is 5.35. The van der Waals surface area contributed by atoms with Gasteiger partial charge in [-0.15, -0.1) is 0 Å². The highest BCUT2D eigenvalue weighted by Gasteiger charge is 2.34. The van der Waals surface area contributed by atoms with Gasteiger partial charge in [0.25, 0.3) is 0 Å². The molecule has 5 nitrogen and oxygen atoms in total. The van der Waals surface area contributed by atoms with Crippen LogP contribution in [0, 0.1) is 0 Å². The van der Waals surface area contributed by atoms with Gasteiger partial charge < -0.3 is 9.64 Å². The Hall–Kier alpha value is -2.95. The molecule has 2 aromatic rings. The molecule has 5 heteroatoms. The number of anilines is 1. The highest BCUT2D eigenvalue weighted by atomic mass is 16.5. The van der Waals surface area contributed by atoms with Gasteiger partial charge in [0.2, 0.25) is 0 Å². The first-order chi connectivity index (χ1) is 10.9. The van der Waals surface area contributed by atoms with E-state index < -0.39 is 5.97 Å². The molecule has 2 aromatic carbocycles. The molecule has 0 bridgehead atoms. The molecule has 0 heterocycles. The SMILES string of the molecule is CC(=O)Oc1c(N(C)C)ccc2c1C(=O)c1ccccc1C2=O. The molecular weight excluding hydrogens is 294 g/mol. The number of hydrogen-bond donors (Lipinski definition) is 0. The molecule has 3 rings (SSSR count). The van der Waals surface area contributed by atoms with E-state index >= 15 is 0 Å². The zero-order chi connectivity index (χ0) is 16.7. The Bertz CT molecular complexity index is 852. The molecule has 0 saturated heterocycles. The van der Waals surface area contributed by atoms with Crippen molar-refractivity contribution in [2.24, 2.45) is 0 Å². The monoisotopic (exact) mass is 309 g/mol. The van der Waals surface area contributed by atoms with Crippen LogP contribution in [0.1, 0.15) is 38.8 Å². The van der Waals surface area contributed by atoms with Crippen LogP contribution in [0.2, 0.25) is 0 Å². The third kappa shape index (κ3) is 2.30. The average Bonchev–Trinajstić information content (AvgIpc) is 2.51. The van der Waals surface area contributed by atoms with Crippen LogP contribution in [-0.4, -0.2) is 31.6 Å². The van der Waals surface area contributed by atoms with Gasteiger partial charge in [-0.25, -0.2) is 0 Å². The maximum Gasteiger partial charge on any atom is 0.308 e. The lowest BCUT2D eigenvalue weighted by Gasteiger charge is -2.24. The number of benzene rings is 2. The molecule has 0 spiro atoms. The van der Waals surface area contributed by atoms with E-state index in [4.69, 9.17) is 4.74 Å². The Morgan fingerprint density at radius 2 is 1.52 bits per heavy atom. The van der Waals surface area contributed by atoms with Crippen molar-refractivity contribution in [2.45, 2.75) is 6.92 Å². The van der Waals surface area contributed by atoms with Crippen molar-refractivity contribution in [3.63, 3.8) is 0 Å². The minimum atomic E-state index is -0.541. The maximum absolute atomic E-state index is 12.9. The molecule has 116 valence electrons. The first kappa shape index (κ1) is 15.0. The van der Waals surface area contributed by atoms with Gasteiger partial charge >= 0.3 is 5.97 Å². The zero-order valence-corrected chi connectivity index (χ0v) is 13.0. The van der Waals surface area contributed by atoms with E-state index in [1.165, 1.54) is 6.92 Å². The van der Waals surface area contributed by atoms with E-state index in [0.717, 1.165) is 0 Å². The molecule has 0 fully saturated rings. The van der Waals surface area contributed by atoms with Crippen molar-refractivity contribution >= 4 is 23.2 Å². The Balaban J connectivity index is 2.32. The van der Waals surface area contributed by atoms with Crippen molar-refractivity contribution < 1.29 is 19.1 Å². The smallest absolute Gasteiger partial charge is 0.308 e. The van der Waals surface area contributed by atoms with E-state index in [1.54, 1.807) is 55.4 Å². The van der Waals surface area contributed by atoms with Gasteiger partial charge in [-0.3, -0.25) is 14.4 Å². The van der Waals surface area contributed by atoms with Crippen molar-refractivity contribution in [3.8, 4) is 5.75 Å². The van der Waals surface area contributed by atoms with Crippen LogP contribution in [0.15, 0.2) is 36.4 Å². The summed E-state index contributed by atoms with van der Waals surface area (Å²) in [5.41, 5.74) is 1.68. The first-order valence-corrected chi connectivity index (χ1v) is 7.13. The molecule has 1 aliphatic carbocycles. The van der Waals surface area contributed by atoms with Crippen LogP contribution >= 0.6 is 0 Å². The fourth-order valence-electron chi connectivity index (χ4n) is 2.74. The number of hydrogen-bond acceptors (Lipinski definition) is 5. The van der Waals surface area contributed by atoms with E-state index in [2.05, 4.69) is 0 Å². The first-order valence-electron chi connectivity index (χ1n) is 7.13. The normalized spacial score (nSPS) is 12.5. The van der Waals surface area contributed by atoms with Crippen LogP contribution in [-0.2, 0) is 4.79 Å². The topological polar surface area (TPSA) is 63.7 Å². The standard InChI is InChI=1S/C18H15NO4/c1-10(20)23-18-14(19(2)3)9-8-13-15(18)17(22)12-7-5-4-6-11(12)16(13)21/h4-9H,1-3H3. The van der Waals surface area contributed by atoms with Crippen LogP contribution < -0.4 is 9.64 Å². The van der Waals surface area contributed by atoms with E-state index in [-0.39, 0.29) is 28.4 Å². The summed E-state index contributed by atoms with van der Waals surface area (Å²) in [6.45, 7) is 1.27. The Kier molecular flexibility index (Phi) is 3.48. The highest BCUT2D eigenvalue weighted by Crippen LogP contribution is 2.39. The van der Waals surface area contributed by atoms with Crippen molar-refractivity contribution in [1.82, 2.24) is 0 Å². The largest absolute Gasteiger partial charge is 0.424 e. The van der Waals surface area contributed by atoms with Gasteiger partial charge in [-0.1, -0.05) is 24.3 Å². The summed E-state index contributed by atoms with van der Waals surface area (Å²) in [6, 6.07) is 9.94. The minimum absolute atomic E-state index is 0.132. The predicted octanol–water partition coefficient (Wildman–Crippen LogP) is 2.45. The summed E-state index contributed by atoms with van der Waals surface area (Å²) in [7, 11) is 3.55. The molecule has 0 unspecified atom stereocenters. The quantitative estimate of drug-likeness (QED) is 0.537. The molecule has 0 N–H and O–H groups in total. The van der Waals surface area contributed by atoms with Crippen LogP contribution in [0.3, 0.4) is 0 Å². The molecular formula is C18H15NO4. The highest BCUT2D eigenvalue weighted by molar-refractivity contribution is 6.29.